The van der Waals surface area contributed by atoms with E-state index in [1.54, 1.807) is 24.5 Å². The maximum Gasteiger partial charge on any atom is 0.257 e. The zero-order chi connectivity index (χ0) is 14.8. The lowest BCUT2D eigenvalue weighted by molar-refractivity contribution is 0.801. The number of nitrogens with zero attached hydrogens (tertiary/aromatic N) is 5. The molecular formula is C13H12ClN7. The third-order valence-electron chi connectivity index (χ3n) is 2.78. The van der Waals surface area contributed by atoms with E-state index in [0.717, 1.165) is 11.3 Å². The summed E-state index contributed by atoms with van der Waals surface area (Å²) in [5, 5.41) is 7.77. The molecule has 0 aliphatic carbocycles. The van der Waals surface area contributed by atoms with Crippen LogP contribution in [0, 0.1) is 6.92 Å². The summed E-state index contributed by atoms with van der Waals surface area (Å²) < 4.78 is 1.51. The molecule has 0 aliphatic rings. The van der Waals surface area contributed by atoms with E-state index in [-0.39, 0.29) is 5.95 Å². The molecule has 8 heteroatoms. The van der Waals surface area contributed by atoms with Crippen LogP contribution in [-0.4, -0.2) is 24.7 Å². The molecule has 3 N–H and O–H groups in total. The highest BCUT2D eigenvalue weighted by molar-refractivity contribution is 6.31. The Morgan fingerprint density at radius 1 is 1.24 bits per heavy atom. The molecule has 2 heterocycles. The van der Waals surface area contributed by atoms with Gasteiger partial charge in [0.1, 0.15) is 0 Å². The Hall–Kier alpha value is -2.67. The molecule has 0 amide bonds. The van der Waals surface area contributed by atoms with Crippen LogP contribution in [0.5, 0.6) is 0 Å². The van der Waals surface area contributed by atoms with Gasteiger partial charge in [-0.25, -0.2) is 4.68 Å². The van der Waals surface area contributed by atoms with Gasteiger partial charge in [0.15, 0.2) is 0 Å². The van der Waals surface area contributed by atoms with Gasteiger partial charge in [-0.3, -0.25) is 0 Å². The zero-order valence-electron chi connectivity index (χ0n) is 11.2. The number of hydrogen-bond acceptors (Lipinski definition) is 6. The predicted octanol–water partition coefficient (Wildman–Crippen LogP) is 2.34. The van der Waals surface area contributed by atoms with E-state index in [9.17, 15) is 0 Å². The van der Waals surface area contributed by atoms with Crippen LogP contribution in [0.3, 0.4) is 0 Å². The van der Waals surface area contributed by atoms with Gasteiger partial charge in [0, 0.05) is 23.1 Å². The second-order valence-corrected chi connectivity index (χ2v) is 4.76. The molecule has 7 nitrogen and oxygen atoms in total. The molecule has 0 unspecified atom stereocenters. The molecule has 0 atom stereocenters. The van der Waals surface area contributed by atoms with Crippen LogP contribution in [0.15, 0.2) is 36.7 Å². The number of hydrogen-bond donors (Lipinski definition) is 2. The highest BCUT2D eigenvalue weighted by atomic mass is 35.5. The molecule has 0 spiro atoms. The average Bonchev–Trinajstić information content (AvgIpc) is 2.96. The first-order chi connectivity index (χ1) is 10.1. The van der Waals surface area contributed by atoms with Crippen molar-refractivity contribution in [3.05, 3.63) is 47.2 Å². The van der Waals surface area contributed by atoms with Crippen molar-refractivity contribution >= 4 is 29.2 Å². The summed E-state index contributed by atoms with van der Waals surface area (Å²) in [5.41, 5.74) is 7.47. The third-order valence-corrected chi connectivity index (χ3v) is 3.19. The zero-order valence-corrected chi connectivity index (χ0v) is 11.9. The molecule has 0 bridgehead atoms. The lowest BCUT2D eigenvalue weighted by Crippen LogP contribution is -2.09. The largest absolute Gasteiger partial charge is 0.368 e. The fraction of sp³-hybridized carbons (Fsp3) is 0.0769. The highest BCUT2D eigenvalue weighted by Crippen LogP contribution is 2.22. The summed E-state index contributed by atoms with van der Waals surface area (Å²) >= 11 is 6.09. The Morgan fingerprint density at radius 2 is 2.10 bits per heavy atom. The summed E-state index contributed by atoms with van der Waals surface area (Å²) in [5.74, 6) is 0.775. The summed E-state index contributed by atoms with van der Waals surface area (Å²) in [6.45, 7) is 1.93. The molecule has 0 aliphatic heterocycles. The Kier molecular flexibility index (Phi) is 3.41. The number of anilines is 3. The lowest BCUT2D eigenvalue weighted by atomic mass is 10.2. The fourth-order valence-electron chi connectivity index (χ4n) is 1.73. The number of nitrogens with one attached hydrogen (secondary N) is 1. The molecule has 3 rings (SSSR count). The number of benzene rings is 1. The molecule has 106 valence electrons. The second kappa shape index (κ2) is 5.37. The van der Waals surface area contributed by atoms with Crippen molar-refractivity contribution in [1.29, 1.82) is 0 Å². The molecule has 0 fully saturated rings. The topological polar surface area (TPSA) is 94.5 Å². The van der Waals surface area contributed by atoms with E-state index in [1.807, 2.05) is 19.1 Å². The van der Waals surface area contributed by atoms with Gasteiger partial charge in [-0.15, -0.1) is 0 Å². The van der Waals surface area contributed by atoms with Crippen LogP contribution in [-0.2, 0) is 0 Å². The van der Waals surface area contributed by atoms with Crippen molar-refractivity contribution < 1.29 is 0 Å². The van der Waals surface area contributed by atoms with Crippen molar-refractivity contribution in [3.8, 4) is 5.95 Å². The number of nitrogens with two attached hydrogens (primary N) is 1. The second-order valence-electron chi connectivity index (χ2n) is 4.36. The van der Waals surface area contributed by atoms with Crippen LogP contribution < -0.4 is 11.1 Å². The van der Waals surface area contributed by atoms with Crippen LogP contribution in [0.1, 0.15) is 5.56 Å². The minimum atomic E-state index is 0.108. The monoisotopic (exact) mass is 301 g/mol. The van der Waals surface area contributed by atoms with Gasteiger partial charge >= 0.3 is 0 Å². The first-order valence-corrected chi connectivity index (χ1v) is 6.54. The van der Waals surface area contributed by atoms with Gasteiger partial charge in [-0.2, -0.15) is 20.1 Å². The summed E-state index contributed by atoms with van der Waals surface area (Å²) in [6.07, 6.45) is 3.36. The van der Waals surface area contributed by atoms with Crippen molar-refractivity contribution in [2.24, 2.45) is 0 Å². The molecule has 1 aromatic carbocycles. The van der Waals surface area contributed by atoms with Crippen LogP contribution >= 0.6 is 11.6 Å². The number of rotatable bonds is 3. The minimum absolute atomic E-state index is 0.108. The molecule has 2 aromatic heterocycles. The third kappa shape index (κ3) is 2.92. The van der Waals surface area contributed by atoms with E-state index in [1.165, 1.54) is 4.68 Å². The van der Waals surface area contributed by atoms with Crippen molar-refractivity contribution in [1.82, 2.24) is 24.7 Å². The Labute approximate surface area is 125 Å². The fourth-order valence-corrected chi connectivity index (χ4v) is 1.91. The van der Waals surface area contributed by atoms with Crippen molar-refractivity contribution in [2.45, 2.75) is 6.92 Å². The number of aryl methyl sites for hydroxylation is 1. The maximum atomic E-state index is 6.09. The molecule has 0 radical (unpaired) electrons. The van der Waals surface area contributed by atoms with Crippen LogP contribution in [0.2, 0.25) is 5.02 Å². The van der Waals surface area contributed by atoms with Crippen LogP contribution in [0.25, 0.3) is 5.95 Å². The Morgan fingerprint density at radius 3 is 2.81 bits per heavy atom. The molecule has 0 saturated carbocycles. The number of halogens is 1. The van der Waals surface area contributed by atoms with E-state index in [4.69, 9.17) is 17.3 Å². The van der Waals surface area contributed by atoms with Gasteiger partial charge < -0.3 is 11.1 Å². The quantitative estimate of drug-likeness (QED) is 0.771. The minimum Gasteiger partial charge on any atom is -0.368 e. The maximum absolute atomic E-state index is 6.09. The van der Waals surface area contributed by atoms with Crippen LogP contribution in [0.4, 0.5) is 17.6 Å². The Balaban J connectivity index is 1.93. The number of aromatic nitrogens is 5. The molecule has 3 aromatic rings. The Bertz CT molecular complexity index is 770. The first kappa shape index (κ1) is 13.3. The van der Waals surface area contributed by atoms with E-state index >= 15 is 0 Å². The summed E-state index contributed by atoms with van der Waals surface area (Å²) in [4.78, 5) is 12.4. The van der Waals surface area contributed by atoms with Crippen molar-refractivity contribution in [2.75, 3.05) is 11.1 Å². The van der Waals surface area contributed by atoms with E-state index in [2.05, 4.69) is 25.4 Å². The van der Waals surface area contributed by atoms with E-state index < -0.39 is 0 Å². The van der Waals surface area contributed by atoms with Gasteiger partial charge in [-0.1, -0.05) is 17.7 Å². The first-order valence-electron chi connectivity index (χ1n) is 6.16. The number of nitrogen functional groups attached to an aromatic ring is 1. The molecular weight excluding hydrogens is 290 g/mol. The summed E-state index contributed by atoms with van der Waals surface area (Å²) in [7, 11) is 0. The lowest BCUT2D eigenvalue weighted by Gasteiger charge is -2.08. The predicted molar refractivity (Wildman–Crippen MR) is 80.8 cm³/mol. The highest BCUT2D eigenvalue weighted by Gasteiger charge is 2.07. The van der Waals surface area contributed by atoms with Gasteiger partial charge in [0.25, 0.3) is 5.95 Å². The average molecular weight is 302 g/mol. The molecule has 0 saturated heterocycles. The van der Waals surface area contributed by atoms with Gasteiger partial charge in [-0.05, 0) is 30.7 Å². The van der Waals surface area contributed by atoms with Gasteiger partial charge in [0.05, 0.1) is 0 Å². The van der Waals surface area contributed by atoms with E-state index in [0.29, 0.717) is 16.9 Å². The molecule has 21 heavy (non-hydrogen) atoms. The van der Waals surface area contributed by atoms with Gasteiger partial charge in [0.2, 0.25) is 11.9 Å². The standard InChI is InChI=1S/C13H12ClN7/c1-8-3-4-9(7-10(8)14)17-12-18-11(15)19-13(20-12)21-6-2-5-16-21/h2-7H,1H3,(H3,15,17,18,19,20). The summed E-state index contributed by atoms with van der Waals surface area (Å²) in [6, 6.07) is 7.36. The normalized spacial score (nSPS) is 10.6. The SMILES string of the molecule is Cc1ccc(Nc2nc(N)nc(-n3cccn3)n2)cc1Cl. The smallest absolute Gasteiger partial charge is 0.257 e. The van der Waals surface area contributed by atoms with Crippen molar-refractivity contribution in [3.63, 3.8) is 0 Å².